The number of rotatable bonds is 3. The first-order valence-electron chi connectivity index (χ1n) is 4.64. The van der Waals surface area contributed by atoms with E-state index in [-0.39, 0.29) is 29.6 Å². The first kappa shape index (κ1) is 15.4. The quantitative estimate of drug-likeness (QED) is 0.541. The molecule has 0 bridgehead atoms. The molecule has 1 N–H and O–H groups in total. The maximum atomic E-state index is 11.3. The largest absolute Gasteiger partial charge is 1.00 e. The van der Waals surface area contributed by atoms with Gasteiger partial charge in [0.1, 0.15) is 6.04 Å². The number of carbonyl (C=O) groups is 1. The van der Waals surface area contributed by atoms with E-state index in [1.165, 1.54) is 7.05 Å². The van der Waals surface area contributed by atoms with E-state index in [1.54, 1.807) is 0 Å². The van der Waals surface area contributed by atoms with Crippen LogP contribution in [0.4, 0.5) is 0 Å². The molecular formula is C8H16N2NaO3S+. The van der Waals surface area contributed by atoms with Gasteiger partial charge in [0, 0.05) is 7.05 Å². The van der Waals surface area contributed by atoms with Crippen LogP contribution in [0.5, 0.6) is 0 Å². The molecule has 0 aromatic carbocycles. The molecule has 1 rings (SSSR count). The third-order valence-corrected chi connectivity index (χ3v) is 3.84. The molecule has 1 unspecified atom stereocenters. The Kier molecular flexibility index (Phi) is 5.77. The molecule has 1 saturated heterocycles. The first-order chi connectivity index (χ1) is 6.34. The van der Waals surface area contributed by atoms with E-state index < -0.39 is 22.2 Å². The molecule has 1 amide bonds. The van der Waals surface area contributed by atoms with Gasteiger partial charge in [-0.15, -0.1) is 0 Å². The number of hydrogen-bond donors (Lipinski definition) is 1. The zero-order valence-electron chi connectivity index (χ0n) is 9.65. The van der Waals surface area contributed by atoms with Crippen LogP contribution in [-0.4, -0.2) is 31.7 Å². The van der Waals surface area contributed by atoms with Crippen LogP contribution in [0.1, 0.15) is 26.7 Å². The van der Waals surface area contributed by atoms with Crippen molar-refractivity contribution in [3.63, 3.8) is 0 Å². The number of amides is 1. The van der Waals surface area contributed by atoms with Gasteiger partial charge in [0.05, 0.1) is 0 Å². The maximum Gasteiger partial charge on any atom is 1.00 e. The molecule has 0 aromatic rings. The monoisotopic (exact) mass is 243 g/mol. The van der Waals surface area contributed by atoms with Crippen molar-refractivity contribution < 1.29 is 42.8 Å². The van der Waals surface area contributed by atoms with Gasteiger partial charge in [-0.05, 0) is 18.8 Å². The molecular weight excluding hydrogens is 227 g/mol. The van der Waals surface area contributed by atoms with Crippen molar-refractivity contribution in [2.24, 2.45) is 5.92 Å². The Morgan fingerprint density at radius 2 is 2.00 bits per heavy atom. The Hall–Kier alpha value is 0.380. The number of nitrogens with one attached hydrogen (secondary N) is 1. The van der Waals surface area contributed by atoms with E-state index in [2.05, 4.69) is 0 Å². The standard InChI is InChI=1S/C8H16N2O3S.Na/c1-6(2)4-5-7-8(11)9-14(12,13)10(7)3;/h6-7H,4-5H2,1-3H3,(H,9,11);/q;+1. The third kappa shape index (κ3) is 3.71. The summed E-state index contributed by atoms with van der Waals surface area (Å²) >= 11 is 0. The summed E-state index contributed by atoms with van der Waals surface area (Å²) in [5.74, 6) is 0.0626. The fourth-order valence-corrected chi connectivity index (χ4v) is 2.47. The Bertz CT molecular complexity index is 329. The summed E-state index contributed by atoms with van der Waals surface area (Å²) in [6.45, 7) is 4.09. The Labute approximate surface area is 113 Å². The van der Waals surface area contributed by atoms with Crippen molar-refractivity contribution in [3.8, 4) is 0 Å². The molecule has 82 valence electrons. The van der Waals surface area contributed by atoms with E-state index >= 15 is 0 Å². The van der Waals surface area contributed by atoms with Gasteiger partial charge in [-0.2, -0.15) is 12.7 Å². The van der Waals surface area contributed by atoms with Gasteiger partial charge in [-0.3, -0.25) is 4.79 Å². The van der Waals surface area contributed by atoms with Crippen LogP contribution in [0.15, 0.2) is 0 Å². The van der Waals surface area contributed by atoms with Gasteiger partial charge < -0.3 is 0 Å². The fraction of sp³-hybridized carbons (Fsp3) is 0.875. The molecule has 15 heavy (non-hydrogen) atoms. The van der Waals surface area contributed by atoms with E-state index in [0.717, 1.165) is 10.7 Å². The summed E-state index contributed by atoms with van der Waals surface area (Å²) in [6.07, 6.45) is 1.43. The van der Waals surface area contributed by atoms with Crippen molar-refractivity contribution in [2.45, 2.75) is 32.7 Å². The smallest absolute Gasteiger partial charge is 0.272 e. The SMILES string of the molecule is CC(C)CCC1C(=O)NS(=O)(=O)N1C.[Na+]. The molecule has 1 aliphatic heterocycles. The van der Waals surface area contributed by atoms with Crippen LogP contribution in [0.25, 0.3) is 0 Å². The normalized spacial score (nSPS) is 25.1. The molecule has 0 aliphatic carbocycles. The minimum Gasteiger partial charge on any atom is -0.272 e. The number of carbonyl (C=O) groups excluding carboxylic acids is 1. The minimum absolute atomic E-state index is 0. The van der Waals surface area contributed by atoms with Crippen LogP contribution >= 0.6 is 0 Å². The summed E-state index contributed by atoms with van der Waals surface area (Å²) in [7, 11) is -2.11. The van der Waals surface area contributed by atoms with Crippen molar-refractivity contribution in [3.05, 3.63) is 0 Å². The number of likely N-dealkylation sites (N-methyl/N-ethyl adjacent to an activating group) is 1. The molecule has 1 atom stereocenters. The molecule has 0 spiro atoms. The zero-order chi connectivity index (χ0) is 10.9. The van der Waals surface area contributed by atoms with Crippen LogP contribution in [0.3, 0.4) is 0 Å². The second-order valence-corrected chi connectivity index (χ2v) is 5.70. The molecule has 0 radical (unpaired) electrons. The second kappa shape index (κ2) is 5.63. The molecule has 0 aromatic heterocycles. The van der Waals surface area contributed by atoms with Gasteiger partial charge in [0.2, 0.25) is 0 Å². The molecule has 7 heteroatoms. The van der Waals surface area contributed by atoms with Crippen LogP contribution in [0, 0.1) is 5.92 Å². The number of hydrogen-bond acceptors (Lipinski definition) is 3. The van der Waals surface area contributed by atoms with Crippen molar-refractivity contribution >= 4 is 16.1 Å². The van der Waals surface area contributed by atoms with Gasteiger partial charge in [0.25, 0.3) is 5.91 Å². The van der Waals surface area contributed by atoms with Crippen molar-refractivity contribution in [2.75, 3.05) is 7.05 Å². The first-order valence-corrected chi connectivity index (χ1v) is 6.08. The molecule has 1 fully saturated rings. The summed E-state index contributed by atoms with van der Waals surface area (Å²) in [5.41, 5.74) is 0. The predicted octanol–water partition coefficient (Wildman–Crippen LogP) is -2.90. The predicted molar refractivity (Wildman–Crippen MR) is 52.7 cm³/mol. The number of nitrogens with zero attached hydrogens (tertiary/aromatic N) is 1. The third-order valence-electron chi connectivity index (χ3n) is 2.37. The van der Waals surface area contributed by atoms with Crippen molar-refractivity contribution in [1.82, 2.24) is 9.03 Å². The van der Waals surface area contributed by atoms with E-state index in [4.69, 9.17) is 0 Å². The van der Waals surface area contributed by atoms with E-state index in [9.17, 15) is 13.2 Å². The second-order valence-electron chi connectivity index (χ2n) is 3.97. The topological polar surface area (TPSA) is 66.5 Å². The molecule has 0 saturated carbocycles. The minimum atomic E-state index is -3.54. The summed E-state index contributed by atoms with van der Waals surface area (Å²) in [6, 6.07) is -0.526. The Morgan fingerprint density at radius 1 is 1.47 bits per heavy atom. The van der Waals surface area contributed by atoms with Gasteiger partial charge in [0.15, 0.2) is 0 Å². The fourth-order valence-electron chi connectivity index (χ4n) is 1.40. The van der Waals surface area contributed by atoms with E-state index in [1.807, 2.05) is 18.6 Å². The van der Waals surface area contributed by atoms with Gasteiger partial charge >= 0.3 is 39.8 Å². The average Bonchev–Trinajstić information content (AvgIpc) is 2.19. The Balaban J connectivity index is 0.00000196. The van der Waals surface area contributed by atoms with Crippen LogP contribution in [-0.2, 0) is 15.0 Å². The van der Waals surface area contributed by atoms with Gasteiger partial charge in [-0.25, -0.2) is 4.72 Å². The molecule has 1 heterocycles. The summed E-state index contributed by atoms with van der Waals surface area (Å²) in [4.78, 5) is 11.3. The zero-order valence-corrected chi connectivity index (χ0v) is 12.5. The Morgan fingerprint density at radius 3 is 2.33 bits per heavy atom. The van der Waals surface area contributed by atoms with Gasteiger partial charge in [-0.1, -0.05) is 13.8 Å². The summed E-state index contributed by atoms with van der Waals surface area (Å²) in [5, 5.41) is 0. The molecule has 5 nitrogen and oxygen atoms in total. The van der Waals surface area contributed by atoms with Crippen molar-refractivity contribution in [1.29, 1.82) is 0 Å². The summed E-state index contributed by atoms with van der Waals surface area (Å²) < 4.78 is 25.5. The van der Waals surface area contributed by atoms with Crippen LogP contribution in [0.2, 0.25) is 0 Å². The van der Waals surface area contributed by atoms with E-state index in [0.29, 0.717) is 12.3 Å². The average molecular weight is 243 g/mol. The molecule has 1 aliphatic rings. The maximum absolute atomic E-state index is 11.3. The van der Waals surface area contributed by atoms with Crippen LogP contribution < -0.4 is 34.3 Å².